The minimum Gasteiger partial charge on any atom is -0.497 e. The fourth-order valence-electron chi connectivity index (χ4n) is 2.69. The molecule has 0 aromatic heterocycles. The number of carbonyl (C=O) groups excluding carboxylic acids is 3. The van der Waals surface area contributed by atoms with E-state index in [4.69, 9.17) is 4.74 Å². The summed E-state index contributed by atoms with van der Waals surface area (Å²) in [4.78, 5) is 37.3. The lowest BCUT2D eigenvalue weighted by molar-refractivity contribution is -0.127. The first-order chi connectivity index (χ1) is 11.9. The summed E-state index contributed by atoms with van der Waals surface area (Å²) in [6, 6.07) is 6.54. The van der Waals surface area contributed by atoms with Gasteiger partial charge in [0.25, 0.3) is 5.91 Å². The zero-order valence-corrected chi connectivity index (χ0v) is 14.9. The summed E-state index contributed by atoms with van der Waals surface area (Å²) in [6.45, 7) is 4.06. The van der Waals surface area contributed by atoms with Crippen molar-refractivity contribution in [3.8, 4) is 5.75 Å². The van der Waals surface area contributed by atoms with Gasteiger partial charge in [-0.25, -0.2) is 4.79 Å². The molecule has 7 nitrogen and oxygen atoms in total. The van der Waals surface area contributed by atoms with E-state index in [0.717, 1.165) is 11.3 Å². The summed E-state index contributed by atoms with van der Waals surface area (Å²) >= 11 is 0. The van der Waals surface area contributed by atoms with E-state index in [-0.39, 0.29) is 24.3 Å². The van der Waals surface area contributed by atoms with E-state index in [1.54, 1.807) is 7.11 Å². The van der Waals surface area contributed by atoms with Gasteiger partial charge in [0, 0.05) is 19.0 Å². The van der Waals surface area contributed by atoms with Crippen LogP contribution in [-0.2, 0) is 16.0 Å². The Bertz CT molecular complexity index is 628. The van der Waals surface area contributed by atoms with Gasteiger partial charge < -0.3 is 15.4 Å². The lowest BCUT2D eigenvalue weighted by Crippen LogP contribution is -2.35. The molecule has 0 saturated carbocycles. The van der Waals surface area contributed by atoms with E-state index in [1.807, 2.05) is 38.1 Å². The molecule has 1 fully saturated rings. The molecule has 136 valence electrons. The minimum atomic E-state index is -0.624. The molecule has 1 saturated heterocycles. The van der Waals surface area contributed by atoms with E-state index in [2.05, 4.69) is 10.6 Å². The lowest BCUT2D eigenvalue weighted by Gasteiger charge is -2.13. The number of methoxy groups -OCH3 is 1. The Kier molecular flexibility index (Phi) is 6.38. The topological polar surface area (TPSA) is 87.7 Å². The number of amides is 4. The van der Waals surface area contributed by atoms with E-state index >= 15 is 0 Å². The van der Waals surface area contributed by atoms with Crippen molar-refractivity contribution in [3.05, 3.63) is 29.8 Å². The van der Waals surface area contributed by atoms with Crippen molar-refractivity contribution in [2.75, 3.05) is 13.7 Å². The highest BCUT2D eigenvalue weighted by atomic mass is 16.5. The van der Waals surface area contributed by atoms with Crippen molar-refractivity contribution in [2.24, 2.45) is 0 Å². The smallest absolute Gasteiger partial charge is 0.324 e. The van der Waals surface area contributed by atoms with E-state index in [0.29, 0.717) is 19.4 Å². The van der Waals surface area contributed by atoms with Crippen LogP contribution >= 0.6 is 0 Å². The molecule has 0 unspecified atom stereocenters. The van der Waals surface area contributed by atoms with Crippen LogP contribution in [0.4, 0.5) is 4.79 Å². The van der Waals surface area contributed by atoms with Crippen LogP contribution in [0.1, 0.15) is 32.3 Å². The molecule has 1 aliphatic rings. The number of nitrogens with one attached hydrogen (secondary N) is 2. The van der Waals surface area contributed by atoms with Crippen molar-refractivity contribution in [3.63, 3.8) is 0 Å². The molecule has 2 N–H and O–H groups in total. The standard InChI is InChI=1S/C18H25N3O4/c1-12(2)19-16(22)9-8-15-17(23)21(18(24)20-15)11-10-13-4-6-14(25-3)7-5-13/h4-7,12,15H,8-11H2,1-3H3,(H,19,22)(H,20,24)/t15-/m1/s1. The normalized spacial score (nSPS) is 17.0. The van der Waals surface area contributed by atoms with Crippen LogP contribution in [0.25, 0.3) is 0 Å². The maximum absolute atomic E-state index is 12.4. The van der Waals surface area contributed by atoms with Gasteiger partial charge in [-0.3, -0.25) is 14.5 Å². The number of ether oxygens (including phenoxy) is 1. The third-order valence-corrected chi connectivity index (χ3v) is 4.00. The highest BCUT2D eigenvalue weighted by Crippen LogP contribution is 2.15. The Morgan fingerprint density at radius 2 is 1.96 bits per heavy atom. The Hall–Kier alpha value is -2.57. The highest BCUT2D eigenvalue weighted by molar-refractivity contribution is 6.04. The molecule has 25 heavy (non-hydrogen) atoms. The molecular weight excluding hydrogens is 322 g/mol. The van der Waals surface area contributed by atoms with E-state index in [1.165, 1.54) is 4.90 Å². The average molecular weight is 347 g/mol. The summed E-state index contributed by atoms with van der Waals surface area (Å²) in [7, 11) is 1.60. The number of urea groups is 1. The monoisotopic (exact) mass is 347 g/mol. The summed E-state index contributed by atoms with van der Waals surface area (Å²) < 4.78 is 5.10. The molecule has 1 aliphatic heterocycles. The summed E-state index contributed by atoms with van der Waals surface area (Å²) in [5, 5.41) is 5.43. The number of nitrogens with zero attached hydrogens (tertiary/aromatic N) is 1. The Morgan fingerprint density at radius 3 is 2.56 bits per heavy atom. The van der Waals surface area contributed by atoms with Gasteiger partial charge in [-0.15, -0.1) is 0 Å². The van der Waals surface area contributed by atoms with Gasteiger partial charge in [-0.2, -0.15) is 0 Å². The van der Waals surface area contributed by atoms with Gasteiger partial charge in [0.1, 0.15) is 11.8 Å². The third-order valence-electron chi connectivity index (χ3n) is 4.00. The van der Waals surface area contributed by atoms with Crippen LogP contribution in [0.3, 0.4) is 0 Å². The molecule has 0 aliphatic carbocycles. The number of hydrogen-bond acceptors (Lipinski definition) is 4. The first-order valence-corrected chi connectivity index (χ1v) is 8.45. The average Bonchev–Trinajstić information content (AvgIpc) is 2.84. The number of hydrogen-bond donors (Lipinski definition) is 2. The lowest BCUT2D eigenvalue weighted by atomic mass is 10.1. The van der Waals surface area contributed by atoms with E-state index < -0.39 is 12.1 Å². The van der Waals surface area contributed by atoms with Gasteiger partial charge in [-0.05, 0) is 44.4 Å². The molecule has 1 aromatic rings. The van der Waals surface area contributed by atoms with Gasteiger partial charge in [0.2, 0.25) is 5.91 Å². The van der Waals surface area contributed by atoms with Crippen molar-refractivity contribution in [1.82, 2.24) is 15.5 Å². The minimum absolute atomic E-state index is 0.0577. The molecule has 0 radical (unpaired) electrons. The zero-order valence-electron chi connectivity index (χ0n) is 14.9. The van der Waals surface area contributed by atoms with Crippen molar-refractivity contribution in [1.29, 1.82) is 0 Å². The predicted octanol–water partition coefficient (Wildman–Crippen LogP) is 1.46. The molecule has 1 atom stereocenters. The molecule has 0 spiro atoms. The van der Waals surface area contributed by atoms with Gasteiger partial charge in [-0.1, -0.05) is 12.1 Å². The fourth-order valence-corrected chi connectivity index (χ4v) is 2.69. The molecular formula is C18H25N3O4. The number of carbonyl (C=O) groups is 3. The second-order valence-corrected chi connectivity index (χ2v) is 6.35. The zero-order chi connectivity index (χ0) is 18.4. The van der Waals surface area contributed by atoms with Crippen LogP contribution in [0.2, 0.25) is 0 Å². The highest BCUT2D eigenvalue weighted by Gasteiger charge is 2.37. The van der Waals surface area contributed by atoms with Crippen molar-refractivity contribution in [2.45, 2.75) is 45.2 Å². The summed E-state index contributed by atoms with van der Waals surface area (Å²) in [6.07, 6.45) is 1.09. The Morgan fingerprint density at radius 1 is 1.28 bits per heavy atom. The second kappa shape index (κ2) is 8.50. The van der Waals surface area contributed by atoms with Crippen LogP contribution < -0.4 is 15.4 Å². The van der Waals surface area contributed by atoms with Gasteiger partial charge >= 0.3 is 6.03 Å². The summed E-state index contributed by atoms with van der Waals surface area (Å²) in [5.41, 5.74) is 1.01. The molecule has 1 heterocycles. The van der Waals surface area contributed by atoms with Crippen LogP contribution in [0, 0.1) is 0 Å². The predicted molar refractivity (Wildman–Crippen MR) is 93.2 cm³/mol. The summed E-state index contributed by atoms with van der Waals surface area (Å²) in [5.74, 6) is 0.378. The maximum atomic E-state index is 12.4. The molecule has 0 bridgehead atoms. The second-order valence-electron chi connectivity index (χ2n) is 6.35. The third kappa shape index (κ3) is 5.20. The first-order valence-electron chi connectivity index (χ1n) is 8.45. The number of imide groups is 1. The quantitative estimate of drug-likeness (QED) is 0.697. The molecule has 7 heteroatoms. The molecule has 4 amide bonds. The van der Waals surface area contributed by atoms with Crippen LogP contribution in [0.5, 0.6) is 5.75 Å². The first kappa shape index (κ1) is 18.8. The largest absolute Gasteiger partial charge is 0.497 e. The van der Waals surface area contributed by atoms with Crippen LogP contribution in [0.15, 0.2) is 24.3 Å². The SMILES string of the molecule is COc1ccc(CCN2C(=O)N[C@H](CCC(=O)NC(C)C)C2=O)cc1. The molecule has 2 rings (SSSR count). The Balaban J connectivity index is 1.84. The van der Waals surface area contributed by atoms with E-state index in [9.17, 15) is 14.4 Å². The number of rotatable bonds is 8. The van der Waals surface area contributed by atoms with Crippen molar-refractivity contribution < 1.29 is 19.1 Å². The Labute approximate surface area is 147 Å². The number of benzene rings is 1. The van der Waals surface area contributed by atoms with Crippen molar-refractivity contribution >= 4 is 17.8 Å². The molecule has 1 aromatic carbocycles. The van der Waals surface area contributed by atoms with Gasteiger partial charge in [0.15, 0.2) is 0 Å². The van der Waals surface area contributed by atoms with Gasteiger partial charge in [0.05, 0.1) is 7.11 Å². The fraction of sp³-hybridized carbons (Fsp3) is 0.500. The van der Waals surface area contributed by atoms with Crippen LogP contribution in [-0.4, -0.2) is 48.5 Å². The maximum Gasteiger partial charge on any atom is 0.324 e.